The summed E-state index contributed by atoms with van der Waals surface area (Å²) < 4.78 is 5.10. The van der Waals surface area contributed by atoms with E-state index >= 15 is 0 Å². The average molecular weight is 104 g/mol. The Kier molecular flexibility index (Phi) is 3.47. The predicted molar refractivity (Wildman–Crippen MR) is 31.0 cm³/mol. The molecule has 0 saturated heterocycles. The second kappa shape index (κ2) is 3.37. The summed E-state index contributed by atoms with van der Waals surface area (Å²) in [6.45, 7) is 4.11. The van der Waals surface area contributed by atoms with Crippen LogP contribution in [0.2, 0.25) is 0 Å². The maximum Gasteiger partial charge on any atom is 0.0514 e. The zero-order valence-corrected chi connectivity index (χ0v) is 6.69. The van der Waals surface area contributed by atoms with Crippen molar-refractivity contribution in [1.82, 2.24) is 0 Å². The van der Waals surface area contributed by atoms with Crippen molar-refractivity contribution in [3.05, 3.63) is 0 Å². The third-order valence-corrected chi connectivity index (χ3v) is 0.833. The van der Waals surface area contributed by atoms with Gasteiger partial charge in [-0.05, 0) is 13.8 Å². The molecule has 1 nitrogen and oxygen atoms in total. The minimum Gasteiger partial charge on any atom is -0.383 e. The Morgan fingerprint density at radius 2 is 2.17 bits per heavy atom. The fourth-order valence-corrected chi connectivity index (χ4v) is 1.00. The molecule has 0 spiro atoms. The number of hydrogen-bond donors (Lipinski definition) is 0. The lowest BCUT2D eigenvalue weighted by Gasteiger charge is -2.00. The van der Waals surface area contributed by atoms with Gasteiger partial charge in [0.25, 0.3) is 0 Å². The Bertz CT molecular complexity index is 28.7. The van der Waals surface area contributed by atoms with Gasteiger partial charge in [-0.15, -0.1) is 0 Å². The molecule has 0 fully saturated rings. The van der Waals surface area contributed by atoms with Crippen LogP contribution in [0, 0.1) is 0 Å². The van der Waals surface area contributed by atoms with Crippen LogP contribution in [-0.4, -0.2) is 22.6 Å². The van der Waals surface area contributed by atoms with E-state index in [1.807, 2.05) is 0 Å². The molecule has 38 valence electrons. The van der Waals surface area contributed by atoms with Crippen LogP contribution >= 0.6 is 0 Å². The van der Waals surface area contributed by atoms with Crippen molar-refractivity contribution in [3.8, 4) is 0 Å². The molecular weight excluding hydrogens is 92.1 g/mol. The highest BCUT2D eigenvalue weighted by atomic mass is 28.1. The van der Waals surface area contributed by atoms with Crippen LogP contribution in [0.25, 0.3) is 0 Å². The molecule has 0 amide bonds. The van der Waals surface area contributed by atoms with E-state index in [1.54, 1.807) is 0 Å². The van der Waals surface area contributed by atoms with Crippen LogP contribution < -0.4 is 0 Å². The molecule has 6 heavy (non-hydrogen) atoms. The SMILES string of the molecule is CC(C)OC[SiH3]. The summed E-state index contributed by atoms with van der Waals surface area (Å²) in [6, 6.07) is 0. The van der Waals surface area contributed by atoms with Gasteiger partial charge in [-0.2, -0.15) is 0 Å². The first kappa shape index (κ1) is 6.18. The van der Waals surface area contributed by atoms with E-state index < -0.39 is 0 Å². The quantitative estimate of drug-likeness (QED) is 0.438. The molecule has 0 bridgehead atoms. The zero-order chi connectivity index (χ0) is 4.99. The highest BCUT2D eigenvalue weighted by Gasteiger charge is 1.83. The lowest BCUT2D eigenvalue weighted by molar-refractivity contribution is 0.117. The van der Waals surface area contributed by atoms with E-state index in [-0.39, 0.29) is 0 Å². The van der Waals surface area contributed by atoms with Crippen LogP contribution in [0.3, 0.4) is 0 Å². The second-order valence-electron chi connectivity index (χ2n) is 1.50. The summed E-state index contributed by atoms with van der Waals surface area (Å²) in [5, 5.41) is 0. The summed E-state index contributed by atoms with van der Waals surface area (Å²) in [5.41, 5.74) is 0. The molecule has 0 rings (SSSR count). The minimum atomic E-state index is 0.433. The fraction of sp³-hybridized carbons (Fsp3) is 1.00. The third-order valence-electron chi connectivity index (χ3n) is 0.500. The second-order valence-corrected chi connectivity index (χ2v) is 2.08. The summed E-state index contributed by atoms with van der Waals surface area (Å²) in [6.07, 6.45) is 1.40. The van der Waals surface area contributed by atoms with E-state index in [1.165, 1.54) is 0 Å². The highest BCUT2D eigenvalue weighted by Crippen LogP contribution is 1.81. The van der Waals surface area contributed by atoms with Crippen LogP contribution in [0.1, 0.15) is 13.8 Å². The van der Waals surface area contributed by atoms with Gasteiger partial charge in [0, 0.05) is 16.5 Å². The van der Waals surface area contributed by atoms with Crippen molar-refractivity contribution in [2.24, 2.45) is 0 Å². The normalized spacial score (nSPS) is 10.5. The molecule has 0 aromatic heterocycles. The van der Waals surface area contributed by atoms with E-state index in [9.17, 15) is 0 Å². The Hall–Kier alpha value is 0.177. The van der Waals surface area contributed by atoms with Crippen molar-refractivity contribution < 1.29 is 4.74 Å². The van der Waals surface area contributed by atoms with Gasteiger partial charge in [-0.25, -0.2) is 0 Å². The fourth-order valence-electron chi connectivity index (χ4n) is 0.333. The van der Waals surface area contributed by atoms with Crippen molar-refractivity contribution >= 4 is 10.2 Å². The molecule has 0 radical (unpaired) electrons. The Balaban J connectivity index is 2.63. The van der Waals surface area contributed by atoms with Crippen molar-refractivity contribution in [3.63, 3.8) is 0 Å². The molecule has 0 N–H and O–H groups in total. The first-order valence-electron chi connectivity index (χ1n) is 2.39. The highest BCUT2D eigenvalue weighted by molar-refractivity contribution is 6.08. The van der Waals surface area contributed by atoms with Crippen LogP contribution in [0.5, 0.6) is 0 Å². The predicted octanol–water partition coefficient (Wildman–Crippen LogP) is -0.266. The van der Waals surface area contributed by atoms with Gasteiger partial charge in [0.15, 0.2) is 0 Å². The zero-order valence-electron chi connectivity index (χ0n) is 4.69. The first-order chi connectivity index (χ1) is 2.77. The summed E-state index contributed by atoms with van der Waals surface area (Å²) in [4.78, 5) is 0. The largest absolute Gasteiger partial charge is 0.383 e. The van der Waals surface area contributed by atoms with Crippen LogP contribution in [-0.2, 0) is 4.74 Å². The molecule has 0 heterocycles. The standard InChI is InChI=1S/C4H12OSi/c1-4(2)5-3-6/h4H,3H2,1-2,6H3. The summed E-state index contributed by atoms with van der Waals surface area (Å²) >= 11 is 0. The first-order valence-corrected chi connectivity index (χ1v) is 3.80. The van der Waals surface area contributed by atoms with E-state index in [4.69, 9.17) is 4.74 Å². The summed E-state index contributed by atoms with van der Waals surface area (Å²) in [5.74, 6) is 0. The van der Waals surface area contributed by atoms with Crippen molar-refractivity contribution in [2.45, 2.75) is 20.0 Å². The van der Waals surface area contributed by atoms with Gasteiger partial charge < -0.3 is 4.74 Å². The molecule has 0 aromatic rings. The van der Waals surface area contributed by atoms with E-state index in [2.05, 4.69) is 13.8 Å². The number of ether oxygens (including phenoxy) is 1. The third kappa shape index (κ3) is 4.18. The molecule has 2 heteroatoms. The van der Waals surface area contributed by atoms with Crippen molar-refractivity contribution in [1.29, 1.82) is 0 Å². The topological polar surface area (TPSA) is 9.23 Å². The Labute approximate surface area is 42.1 Å². The Morgan fingerprint density at radius 1 is 1.67 bits per heavy atom. The maximum absolute atomic E-state index is 5.10. The molecule has 0 saturated carbocycles. The van der Waals surface area contributed by atoms with Crippen LogP contribution in [0.15, 0.2) is 0 Å². The van der Waals surface area contributed by atoms with Gasteiger partial charge in [-0.1, -0.05) is 0 Å². The van der Waals surface area contributed by atoms with E-state index in [0.717, 1.165) is 16.5 Å². The lowest BCUT2D eigenvalue weighted by atomic mass is 10.5. The average Bonchev–Trinajstić information content (AvgIpc) is 1.35. The molecule has 0 aliphatic carbocycles. The van der Waals surface area contributed by atoms with Gasteiger partial charge in [0.05, 0.1) is 6.10 Å². The molecule has 0 aliphatic rings. The molecule has 0 unspecified atom stereocenters. The minimum absolute atomic E-state index is 0.433. The summed E-state index contributed by atoms with van der Waals surface area (Å²) in [7, 11) is 1.16. The number of hydrogen-bond acceptors (Lipinski definition) is 1. The molecule has 0 aromatic carbocycles. The van der Waals surface area contributed by atoms with E-state index in [0.29, 0.717) is 6.10 Å². The lowest BCUT2D eigenvalue weighted by Crippen LogP contribution is -2.02. The van der Waals surface area contributed by atoms with Gasteiger partial charge >= 0.3 is 0 Å². The van der Waals surface area contributed by atoms with Gasteiger partial charge in [0.1, 0.15) is 0 Å². The molecule has 0 atom stereocenters. The number of rotatable bonds is 2. The monoisotopic (exact) mass is 104 g/mol. The smallest absolute Gasteiger partial charge is 0.0514 e. The van der Waals surface area contributed by atoms with Gasteiger partial charge in [-0.3, -0.25) is 0 Å². The molecular formula is C4H12OSi. The van der Waals surface area contributed by atoms with Gasteiger partial charge in [0.2, 0.25) is 0 Å². The molecule has 0 aliphatic heterocycles. The maximum atomic E-state index is 5.10. The van der Waals surface area contributed by atoms with Crippen molar-refractivity contribution in [2.75, 3.05) is 6.23 Å². The Morgan fingerprint density at radius 3 is 2.17 bits per heavy atom. The van der Waals surface area contributed by atoms with Crippen LogP contribution in [0.4, 0.5) is 0 Å².